The lowest BCUT2D eigenvalue weighted by Gasteiger charge is -2.15. The second-order valence-electron chi connectivity index (χ2n) is 4.80. The fraction of sp³-hybridized carbons (Fsp3) is 0.462. The van der Waals surface area contributed by atoms with Gasteiger partial charge in [0.15, 0.2) is 9.84 Å². The monoisotopic (exact) mass is 282 g/mol. The molecule has 0 saturated heterocycles. The van der Waals surface area contributed by atoms with E-state index in [1.165, 1.54) is 0 Å². The summed E-state index contributed by atoms with van der Waals surface area (Å²) in [4.78, 5) is 13.7. The Kier molecular flexibility index (Phi) is 3.80. The average Bonchev–Trinajstić information content (AvgIpc) is 2.64. The zero-order chi connectivity index (χ0) is 14.0. The summed E-state index contributed by atoms with van der Waals surface area (Å²) in [6, 6.07) is 5.23. The Hall–Kier alpha value is -1.56. The summed E-state index contributed by atoms with van der Waals surface area (Å²) in [5.41, 5.74) is 7.70. The van der Waals surface area contributed by atoms with Crippen LogP contribution in [0.1, 0.15) is 29.3 Å². The summed E-state index contributed by atoms with van der Waals surface area (Å²) in [5.74, 6) is 0.0688. The molecule has 1 aromatic rings. The van der Waals surface area contributed by atoms with E-state index in [1.54, 1.807) is 17.0 Å². The van der Waals surface area contributed by atoms with Gasteiger partial charge in [0.05, 0.1) is 5.75 Å². The second-order valence-corrected chi connectivity index (χ2v) is 7.10. The number of nitrogens with zero attached hydrogens (tertiary/aromatic N) is 1. The van der Waals surface area contributed by atoms with Crippen molar-refractivity contribution >= 4 is 21.4 Å². The molecule has 1 aromatic carbocycles. The summed E-state index contributed by atoms with van der Waals surface area (Å²) in [6.45, 7) is 2.54. The Labute approximate surface area is 113 Å². The van der Waals surface area contributed by atoms with Crippen LogP contribution in [0.2, 0.25) is 0 Å². The van der Waals surface area contributed by atoms with Crippen molar-refractivity contribution in [2.75, 3.05) is 23.8 Å². The lowest BCUT2D eigenvalue weighted by atomic mass is 10.1. The number of sulfone groups is 1. The molecule has 0 bridgehead atoms. The topological polar surface area (TPSA) is 80.5 Å². The van der Waals surface area contributed by atoms with Crippen LogP contribution in [0.5, 0.6) is 0 Å². The van der Waals surface area contributed by atoms with E-state index in [-0.39, 0.29) is 24.0 Å². The number of carbonyl (C=O) groups is 1. The molecule has 0 unspecified atom stereocenters. The summed E-state index contributed by atoms with van der Waals surface area (Å²) >= 11 is 0. The van der Waals surface area contributed by atoms with E-state index in [2.05, 4.69) is 0 Å². The van der Waals surface area contributed by atoms with Crippen molar-refractivity contribution in [2.45, 2.75) is 19.9 Å². The molecule has 19 heavy (non-hydrogen) atoms. The summed E-state index contributed by atoms with van der Waals surface area (Å²) in [5, 5.41) is 0. The largest absolute Gasteiger partial charge is 0.399 e. The van der Waals surface area contributed by atoms with Gasteiger partial charge in [0, 0.05) is 30.1 Å². The summed E-state index contributed by atoms with van der Waals surface area (Å²) < 4.78 is 23.3. The smallest absolute Gasteiger partial charge is 0.254 e. The number of carbonyl (C=O) groups excluding carboxylic acids is 1. The van der Waals surface area contributed by atoms with E-state index in [1.807, 2.05) is 13.0 Å². The molecule has 1 aliphatic heterocycles. The number of fused-ring (bicyclic) bond motifs is 1. The first kappa shape index (κ1) is 13.9. The molecule has 0 saturated carbocycles. The molecule has 2 N–H and O–H groups in total. The zero-order valence-corrected chi connectivity index (χ0v) is 11.7. The molecule has 0 fully saturated rings. The fourth-order valence-corrected chi connectivity index (χ4v) is 3.55. The van der Waals surface area contributed by atoms with Gasteiger partial charge in [-0.1, -0.05) is 13.0 Å². The van der Waals surface area contributed by atoms with Crippen LogP contribution in [-0.2, 0) is 16.4 Å². The SMILES string of the molecule is CCCS(=O)(=O)CCN1Cc2ccc(N)cc2C1=O. The first-order valence-electron chi connectivity index (χ1n) is 6.31. The lowest BCUT2D eigenvalue weighted by molar-refractivity contribution is 0.0788. The van der Waals surface area contributed by atoms with Crippen LogP contribution in [0.4, 0.5) is 5.69 Å². The van der Waals surface area contributed by atoms with E-state index in [0.29, 0.717) is 24.2 Å². The van der Waals surface area contributed by atoms with E-state index in [9.17, 15) is 13.2 Å². The van der Waals surface area contributed by atoms with Crippen LogP contribution < -0.4 is 5.73 Å². The highest BCUT2D eigenvalue weighted by molar-refractivity contribution is 7.91. The fourth-order valence-electron chi connectivity index (χ4n) is 2.22. The number of nitrogens with two attached hydrogens (primary N) is 1. The molecule has 0 radical (unpaired) electrons. The van der Waals surface area contributed by atoms with Crippen molar-refractivity contribution in [1.82, 2.24) is 4.90 Å². The maximum absolute atomic E-state index is 12.1. The highest BCUT2D eigenvalue weighted by Crippen LogP contribution is 2.24. The number of rotatable bonds is 5. The van der Waals surface area contributed by atoms with Crippen molar-refractivity contribution in [2.24, 2.45) is 0 Å². The molecule has 1 amide bonds. The minimum absolute atomic E-state index is 0.0239. The number of benzene rings is 1. The highest BCUT2D eigenvalue weighted by Gasteiger charge is 2.28. The number of hydrogen-bond donors (Lipinski definition) is 1. The van der Waals surface area contributed by atoms with Crippen LogP contribution >= 0.6 is 0 Å². The summed E-state index contributed by atoms with van der Waals surface area (Å²) in [7, 11) is -3.06. The van der Waals surface area contributed by atoms with Crippen LogP contribution in [0.15, 0.2) is 18.2 Å². The molecular formula is C13H18N2O3S. The third-order valence-corrected chi connectivity index (χ3v) is 5.03. The Morgan fingerprint density at radius 1 is 1.32 bits per heavy atom. The molecule has 0 spiro atoms. The predicted molar refractivity (Wildman–Crippen MR) is 74.5 cm³/mol. The van der Waals surface area contributed by atoms with Gasteiger partial charge in [0.1, 0.15) is 0 Å². The number of hydrogen-bond acceptors (Lipinski definition) is 4. The Morgan fingerprint density at radius 2 is 2.05 bits per heavy atom. The Bertz CT molecular complexity index is 596. The van der Waals surface area contributed by atoms with Crippen molar-refractivity contribution in [3.8, 4) is 0 Å². The molecule has 5 nitrogen and oxygen atoms in total. The van der Waals surface area contributed by atoms with Crippen LogP contribution in [0.3, 0.4) is 0 Å². The van der Waals surface area contributed by atoms with E-state index >= 15 is 0 Å². The molecular weight excluding hydrogens is 264 g/mol. The van der Waals surface area contributed by atoms with Gasteiger partial charge >= 0.3 is 0 Å². The zero-order valence-electron chi connectivity index (χ0n) is 10.9. The first-order valence-corrected chi connectivity index (χ1v) is 8.13. The van der Waals surface area contributed by atoms with Gasteiger partial charge in [-0.2, -0.15) is 0 Å². The minimum atomic E-state index is -3.06. The first-order chi connectivity index (χ1) is 8.93. The average molecular weight is 282 g/mol. The van der Waals surface area contributed by atoms with Crippen molar-refractivity contribution < 1.29 is 13.2 Å². The minimum Gasteiger partial charge on any atom is -0.399 e. The van der Waals surface area contributed by atoms with Gasteiger partial charge in [-0.15, -0.1) is 0 Å². The van der Waals surface area contributed by atoms with Crippen LogP contribution in [0, 0.1) is 0 Å². The van der Waals surface area contributed by atoms with E-state index < -0.39 is 9.84 Å². The van der Waals surface area contributed by atoms with Gasteiger partial charge < -0.3 is 10.6 Å². The van der Waals surface area contributed by atoms with E-state index in [4.69, 9.17) is 5.73 Å². The normalized spacial score (nSPS) is 14.8. The van der Waals surface area contributed by atoms with Crippen molar-refractivity contribution in [3.63, 3.8) is 0 Å². The van der Waals surface area contributed by atoms with E-state index in [0.717, 1.165) is 5.56 Å². The second kappa shape index (κ2) is 5.21. The number of anilines is 1. The quantitative estimate of drug-likeness (QED) is 0.819. The lowest BCUT2D eigenvalue weighted by Crippen LogP contribution is -2.30. The third kappa shape index (κ3) is 3.07. The van der Waals surface area contributed by atoms with Crippen LogP contribution in [0.25, 0.3) is 0 Å². The Morgan fingerprint density at radius 3 is 2.74 bits per heavy atom. The van der Waals surface area contributed by atoms with Crippen LogP contribution in [-0.4, -0.2) is 37.3 Å². The van der Waals surface area contributed by atoms with Crippen molar-refractivity contribution in [1.29, 1.82) is 0 Å². The maximum atomic E-state index is 12.1. The van der Waals surface area contributed by atoms with Crippen molar-refractivity contribution in [3.05, 3.63) is 29.3 Å². The predicted octanol–water partition coefficient (Wildman–Crippen LogP) is 1.05. The van der Waals surface area contributed by atoms with Gasteiger partial charge in [-0.3, -0.25) is 4.79 Å². The maximum Gasteiger partial charge on any atom is 0.254 e. The molecule has 0 aromatic heterocycles. The number of nitrogen functional groups attached to an aromatic ring is 1. The third-order valence-electron chi connectivity index (χ3n) is 3.20. The van der Waals surface area contributed by atoms with Gasteiger partial charge in [0.2, 0.25) is 0 Å². The highest BCUT2D eigenvalue weighted by atomic mass is 32.2. The molecule has 1 heterocycles. The molecule has 0 aliphatic carbocycles. The van der Waals surface area contributed by atoms with Gasteiger partial charge in [-0.05, 0) is 24.1 Å². The standard InChI is InChI=1S/C13H18N2O3S/c1-2-6-19(17,18)7-5-15-9-10-3-4-11(14)8-12(10)13(15)16/h3-4,8H,2,5-7,9,14H2,1H3. The Balaban J connectivity index is 2.05. The molecule has 2 rings (SSSR count). The number of amides is 1. The summed E-state index contributed by atoms with van der Waals surface area (Å²) in [6.07, 6.45) is 0.604. The molecule has 6 heteroatoms. The van der Waals surface area contributed by atoms with Gasteiger partial charge in [-0.25, -0.2) is 8.42 Å². The molecule has 0 atom stereocenters. The molecule has 1 aliphatic rings. The molecule has 104 valence electrons. The van der Waals surface area contributed by atoms with Gasteiger partial charge in [0.25, 0.3) is 5.91 Å².